The number of benzene rings is 1. The molecular formula is C16H26O5. The summed E-state index contributed by atoms with van der Waals surface area (Å²) in [4.78, 5) is 0. The van der Waals surface area contributed by atoms with Crippen LogP contribution in [0.1, 0.15) is 25.0 Å². The molecule has 0 aliphatic carbocycles. The summed E-state index contributed by atoms with van der Waals surface area (Å²) < 4.78 is 21.0. The summed E-state index contributed by atoms with van der Waals surface area (Å²) in [6.45, 7) is 4.19. The number of hydrogen-bond donors (Lipinski definition) is 1. The average Bonchev–Trinajstić information content (AvgIpc) is 2.53. The van der Waals surface area contributed by atoms with Crippen LogP contribution in [0.4, 0.5) is 0 Å². The van der Waals surface area contributed by atoms with E-state index in [1.54, 1.807) is 14.2 Å². The van der Waals surface area contributed by atoms with E-state index in [0.29, 0.717) is 26.4 Å². The van der Waals surface area contributed by atoms with E-state index in [-0.39, 0.29) is 6.10 Å². The van der Waals surface area contributed by atoms with E-state index >= 15 is 0 Å². The second kappa shape index (κ2) is 10.6. The van der Waals surface area contributed by atoms with Gasteiger partial charge in [-0.15, -0.1) is 0 Å². The Morgan fingerprint density at radius 1 is 1.00 bits per heavy atom. The van der Waals surface area contributed by atoms with Crippen LogP contribution < -0.4 is 4.74 Å². The SMILES string of the molecule is COCCCOCCOC(C)C(O)c1ccc(OC)cc1. The van der Waals surface area contributed by atoms with Crippen molar-refractivity contribution in [3.63, 3.8) is 0 Å². The Balaban J connectivity index is 2.22. The minimum Gasteiger partial charge on any atom is -0.497 e. The lowest BCUT2D eigenvalue weighted by Gasteiger charge is -2.20. The minimum absolute atomic E-state index is 0.291. The average molecular weight is 298 g/mol. The van der Waals surface area contributed by atoms with Crippen molar-refractivity contribution in [3.8, 4) is 5.75 Å². The minimum atomic E-state index is -0.663. The topological polar surface area (TPSA) is 57.2 Å². The molecule has 2 atom stereocenters. The summed E-state index contributed by atoms with van der Waals surface area (Å²) in [7, 11) is 3.29. The summed E-state index contributed by atoms with van der Waals surface area (Å²) in [5, 5.41) is 10.2. The summed E-state index contributed by atoms with van der Waals surface area (Å²) in [6, 6.07) is 7.32. The molecule has 2 unspecified atom stereocenters. The van der Waals surface area contributed by atoms with Crippen LogP contribution >= 0.6 is 0 Å². The maximum absolute atomic E-state index is 10.2. The quantitative estimate of drug-likeness (QED) is 0.635. The summed E-state index contributed by atoms with van der Waals surface area (Å²) in [5.74, 6) is 0.768. The molecule has 1 rings (SSSR count). The molecule has 0 fully saturated rings. The first-order valence-electron chi connectivity index (χ1n) is 7.19. The molecule has 120 valence electrons. The zero-order valence-electron chi connectivity index (χ0n) is 13.1. The van der Waals surface area contributed by atoms with E-state index in [1.807, 2.05) is 31.2 Å². The smallest absolute Gasteiger partial charge is 0.118 e. The van der Waals surface area contributed by atoms with E-state index in [9.17, 15) is 5.11 Å². The van der Waals surface area contributed by atoms with Crippen molar-refractivity contribution < 1.29 is 24.1 Å². The van der Waals surface area contributed by atoms with Crippen molar-refractivity contribution in [1.29, 1.82) is 0 Å². The molecular weight excluding hydrogens is 272 g/mol. The van der Waals surface area contributed by atoms with Gasteiger partial charge in [0.05, 0.1) is 26.4 Å². The molecule has 0 amide bonds. The second-order valence-corrected chi connectivity index (χ2v) is 4.75. The van der Waals surface area contributed by atoms with Gasteiger partial charge in [-0.2, -0.15) is 0 Å². The Labute approximate surface area is 126 Å². The third-order valence-corrected chi connectivity index (χ3v) is 3.15. The van der Waals surface area contributed by atoms with E-state index in [0.717, 1.165) is 17.7 Å². The van der Waals surface area contributed by atoms with Gasteiger partial charge in [0.2, 0.25) is 0 Å². The summed E-state index contributed by atoms with van der Waals surface area (Å²) in [6.07, 6.45) is -0.0778. The fourth-order valence-electron chi connectivity index (χ4n) is 1.86. The molecule has 1 aromatic carbocycles. The molecule has 0 saturated carbocycles. The Morgan fingerprint density at radius 2 is 1.71 bits per heavy atom. The van der Waals surface area contributed by atoms with E-state index in [4.69, 9.17) is 18.9 Å². The third-order valence-electron chi connectivity index (χ3n) is 3.15. The van der Waals surface area contributed by atoms with E-state index in [2.05, 4.69) is 0 Å². The van der Waals surface area contributed by atoms with Gasteiger partial charge in [-0.25, -0.2) is 0 Å². The number of aliphatic hydroxyl groups excluding tert-OH is 1. The number of rotatable bonds is 11. The molecule has 0 heterocycles. The number of aliphatic hydroxyl groups is 1. The van der Waals surface area contributed by atoms with Crippen LogP contribution in [0, 0.1) is 0 Å². The van der Waals surface area contributed by atoms with Gasteiger partial charge in [-0.1, -0.05) is 12.1 Å². The maximum atomic E-state index is 10.2. The monoisotopic (exact) mass is 298 g/mol. The molecule has 0 spiro atoms. The standard InChI is InChI=1S/C16H26O5/c1-13(21-12-11-20-10-4-9-18-2)16(17)14-5-7-15(19-3)8-6-14/h5-8,13,16-17H,4,9-12H2,1-3H3. The third kappa shape index (κ3) is 6.91. The van der Waals surface area contributed by atoms with Gasteiger partial charge in [0.15, 0.2) is 0 Å². The highest BCUT2D eigenvalue weighted by molar-refractivity contribution is 5.28. The second-order valence-electron chi connectivity index (χ2n) is 4.75. The molecule has 0 aromatic heterocycles. The highest BCUT2D eigenvalue weighted by atomic mass is 16.5. The Hall–Kier alpha value is -1.14. The molecule has 1 N–H and O–H groups in total. The lowest BCUT2D eigenvalue weighted by atomic mass is 10.1. The first-order valence-corrected chi connectivity index (χ1v) is 7.19. The molecule has 21 heavy (non-hydrogen) atoms. The zero-order chi connectivity index (χ0) is 15.5. The van der Waals surface area contributed by atoms with Gasteiger partial charge in [0.1, 0.15) is 11.9 Å². The lowest BCUT2D eigenvalue weighted by Crippen LogP contribution is -2.21. The molecule has 0 bridgehead atoms. The molecule has 0 radical (unpaired) electrons. The van der Waals surface area contributed by atoms with Crippen LogP contribution in [-0.4, -0.2) is 51.9 Å². The Kier molecular flexibility index (Phi) is 9.01. The number of hydrogen-bond acceptors (Lipinski definition) is 5. The van der Waals surface area contributed by atoms with Crippen LogP contribution in [0.3, 0.4) is 0 Å². The van der Waals surface area contributed by atoms with Crippen molar-refractivity contribution >= 4 is 0 Å². The highest BCUT2D eigenvalue weighted by Gasteiger charge is 2.16. The molecule has 0 aliphatic heterocycles. The van der Waals surface area contributed by atoms with Crippen LogP contribution in [0.5, 0.6) is 5.75 Å². The molecule has 0 saturated heterocycles. The van der Waals surface area contributed by atoms with Gasteiger partial charge in [-0.05, 0) is 31.0 Å². The van der Waals surface area contributed by atoms with Crippen molar-refractivity contribution in [1.82, 2.24) is 0 Å². The van der Waals surface area contributed by atoms with Crippen LogP contribution in [0.25, 0.3) is 0 Å². The van der Waals surface area contributed by atoms with E-state index < -0.39 is 6.10 Å². The fraction of sp³-hybridized carbons (Fsp3) is 0.625. The molecule has 1 aromatic rings. The maximum Gasteiger partial charge on any atom is 0.118 e. The van der Waals surface area contributed by atoms with Crippen molar-refractivity contribution in [3.05, 3.63) is 29.8 Å². The summed E-state index contributed by atoms with van der Waals surface area (Å²) >= 11 is 0. The normalized spacial score (nSPS) is 13.9. The predicted molar refractivity (Wildman–Crippen MR) is 80.7 cm³/mol. The van der Waals surface area contributed by atoms with Gasteiger partial charge < -0.3 is 24.1 Å². The largest absolute Gasteiger partial charge is 0.497 e. The first-order chi connectivity index (χ1) is 10.2. The Bertz CT molecular complexity index is 365. The van der Waals surface area contributed by atoms with Gasteiger partial charge in [0, 0.05) is 20.3 Å². The van der Waals surface area contributed by atoms with Crippen molar-refractivity contribution in [2.24, 2.45) is 0 Å². The predicted octanol–water partition coefficient (Wildman–Crippen LogP) is 2.19. The summed E-state index contributed by atoms with van der Waals surface area (Å²) in [5.41, 5.74) is 0.810. The van der Waals surface area contributed by atoms with Gasteiger partial charge in [0.25, 0.3) is 0 Å². The zero-order valence-corrected chi connectivity index (χ0v) is 13.1. The van der Waals surface area contributed by atoms with Crippen LogP contribution in [0.15, 0.2) is 24.3 Å². The molecule has 0 aliphatic rings. The highest BCUT2D eigenvalue weighted by Crippen LogP contribution is 2.21. The lowest BCUT2D eigenvalue weighted by molar-refractivity contribution is -0.0492. The van der Waals surface area contributed by atoms with Gasteiger partial charge in [-0.3, -0.25) is 0 Å². The fourth-order valence-corrected chi connectivity index (χ4v) is 1.86. The number of methoxy groups -OCH3 is 2. The number of ether oxygens (including phenoxy) is 4. The van der Waals surface area contributed by atoms with Crippen LogP contribution in [0.2, 0.25) is 0 Å². The van der Waals surface area contributed by atoms with Crippen LogP contribution in [-0.2, 0) is 14.2 Å². The van der Waals surface area contributed by atoms with Crippen molar-refractivity contribution in [2.45, 2.75) is 25.6 Å². The van der Waals surface area contributed by atoms with Gasteiger partial charge >= 0.3 is 0 Å². The Morgan fingerprint density at radius 3 is 2.33 bits per heavy atom. The van der Waals surface area contributed by atoms with E-state index in [1.165, 1.54) is 0 Å². The molecule has 5 heteroatoms. The first kappa shape index (κ1) is 17.9. The van der Waals surface area contributed by atoms with Crippen molar-refractivity contribution in [2.75, 3.05) is 40.6 Å². The molecule has 5 nitrogen and oxygen atoms in total.